The summed E-state index contributed by atoms with van der Waals surface area (Å²) in [6, 6.07) is 10.3. The third kappa shape index (κ3) is 2.83. The second kappa shape index (κ2) is 5.76. The number of nitrogens with two attached hydrogens (primary N) is 1. The van der Waals surface area contributed by atoms with E-state index < -0.39 is 0 Å². The van der Waals surface area contributed by atoms with Gasteiger partial charge in [-0.2, -0.15) is 0 Å². The van der Waals surface area contributed by atoms with Gasteiger partial charge in [0.1, 0.15) is 0 Å². The van der Waals surface area contributed by atoms with Gasteiger partial charge in [0.25, 0.3) is 0 Å². The SMILES string of the molecule is Nc1cc(CN2CC3CN(c4ccc(Cl)cc4)CC3C2)cs1. The molecule has 1 aromatic carbocycles. The molecule has 116 valence electrons. The number of nitrogens with zero attached hydrogens (tertiary/aromatic N) is 2. The molecule has 0 amide bonds. The normalized spacial score (nSPS) is 24.9. The van der Waals surface area contributed by atoms with Crippen LogP contribution in [-0.4, -0.2) is 31.1 Å². The van der Waals surface area contributed by atoms with Crippen molar-refractivity contribution in [1.29, 1.82) is 0 Å². The summed E-state index contributed by atoms with van der Waals surface area (Å²) < 4.78 is 0. The van der Waals surface area contributed by atoms with Crippen LogP contribution in [0.25, 0.3) is 0 Å². The summed E-state index contributed by atoms with van der Waals surface area (Å²) in [4.78, 5) is 5.08. The molecule has 2 aliphatic heterocycles. The zero-order valence-corrected chi connectivity index (χ0v) is 14.0. The predicted octanol–water partition coefficient (Wildman–Crippen LogP) is 3.55. The van der Waals surface area contributed by atoms with Crippen molar-refractivity contribution in [2.45, 2.75) is 6.54 Å². The van der Waals surface area contributed by atoms with Crippen molar-refractivity contribution in [3.8, 4) is 0 Å². The summed E-state index contributed by atoms with van der Waals surface area (Å²) >= 11 is 7.62. The topological polar surface area (TPSA) is 32.5 Å². The molecule has 2 saturated heterocycles. The van der Waals surface area contributed by atoms with Gasteiger partial charge in [-0.15, -0.1) is 11.3 Å². The van der Waals surface area contributed by atoms with Crippen molar-refractivity contribution in [3.05, 3.63) is 46.3 Å². The van der Waals surface area contributed by atoms with Crippen LogP contribution in [0, 0.1) is 11.8 Å². The molecule has 2 aromatic rings. The zero-order chi connectivity index (χ0) is 15.1. The Balaban J connectivity index is 1.37. The van der Waals surface area contributed by atoms with Gasteiger partial charge in [0.05, 0.1) is 5.00 Å². The number of hydrogen-bond donors (Lipinski definition) is 1. The van der Waals surface area contributed by atoms with Crippen molar-refractivity contribution in [1.82, 2.24) is 4.90 Å². The van der Waals surface area contributed by atoms with Gasteiger partial charge >= 0.3 is 0 Å². The number of likely N-dealkylation sites (tertiary alicyclic amines) is 1. The number of thiophene rings is 1. The van der Waals surface area contributed by atoms with Crippen molar-refractivity contribution < 1.29 is 0 Å². The molecule has 0 spiro atoms. The van der Waals surface area contributed by atoms with Crippen molar-refractivity contribution >= 4 is 33.6 Å². The first kappa shape index (κ1) is 14.4. The second-order valence-electron chi connectivity index (χ2n) is 6.45. The Bertz CT molecular complexity index is 640. The van der Waals surface area contributed by atoms with Crippen LogP contribution in [0.5, 0.6) is 0 Å². The highest BCUT2D eigenvalue weighted by atomic mass is 35.5. The first-order valence-corrected chi connectivity index (χ1v) is 8.99. The lowest BCUT2D eigenvalue weighted by atomic mass is 10.0. The van der Waals surface area contributed by atoms with Crippen molar-refractivity contribution in [3.63, 3.8) is 0 Å². The van der Waals surface area contributed by atoms with Gasteiger partial charge in [0.15, 0.2) is 0 Å². The van der Waals surface area contributed by atoms with E-state index in [9.17, 15) is 0 Å². The molecular weight excluding hydrogens is 314 g/mol. The summed E-state index contributed by atoms with van der Waals surface area (Å²) in [5.41, 5.74) is 8.48. The fraction of sp³-hybridized carbons (Fsp3) is 0.412. The maximum Gasteiger partial charge on any atom is 0.0859 e. The summed E-state index contributed by atoms with van der Waals surface area (Å²) in [5, 5.41) is 3.91. The molecule has 0 aliphatic carbocycles. The number of rotatable bonds is 3. The van der Waals surface area contributed by atoms with E-state index in [1.807, 2.05) is 12.1 Å². The van der Waals surface area contributed by atoms with Crippen LogP contribution < -0.4 is 10.6 Å². The lowest BCUT2D eigenvalue weighted by molar-refractivity contribution is 0.309. The quantitative estimate of drug-likeness (QED) is 0.932. The Morgan fingerprint density at radius 3 is 2.36 bits per heavy atom. The second-order valence-corrected chi connectivity index (χ2v) is 7.83. The van der Waals surface area contributed by atoms with Gasteiger partial charge in [-0.25, -0.2) is 0 Å². The molecule has 2 unspecified atom stereocenters. The number of benzene rings is 1. The van der Waals surface area contributed by atoms with E-state index in [1.165, 1.54) is 24.3 Å². The highest BCUT2D eigenvalue weighted by molar-refractivity contribution is 7.14. The lowest BCUT2D eigenvalue weighted by Gasteiger charge is -2.23. The van der Waals surface area contributed by atoms with Crippen LogP contribution in [0.2, 0.25) is 5.02 Å². The van der Waals surface area contributed by atoms with Crippen LogP contribution in [-0.2, 0) is 6.54 Å². The number of anilines is 2. The molecule has 3 heterocycles. The minimum absolute atomic E-state index is 0.784. The maximum absolute atomic E-state index is 5.98. The van der Waals surface area contributed by atoms with Crippen LogP contribution in [0.1, 0.15) is 5.56 Å². The Morgan fingerprint density at radius 1 is 1.09 bits per heavy atom. The van der Waals surface area contributed by atoms with Gasteiger partial charge < -0.3 is 10.6 Å². The third-order valence-electron chi connectivity index (χ3n) is 4.83. The van der Waals surface area contributed by atoms with Crippen LogP contribution in [0.4, 0.5) is 10.7 Å². The number of fused-ring (bicyclic) bond motifs is 1. The van der Waals surface area contributed by atoms with Gasteiger partial charge in [-0.1, -0.05) is 11.6 Å². The molecule has 3 nitrogen and oxygen atoms in total. The third-order valence-corrected chi connectivity index (χ3v) is 5.90. The zero-order valence-electron chi connectivity index (χ0n) is 12.4. The molecule has 2 N–H and O–H groups in total. The largest absolute Gasteiger partial charge is 0.391 e. The van der Waals surface area contributed by atoms with E-state index in [2.05, 4.69) is 33.4 Å². The van der Waals surface area contributed by atoms with Gasteiger partial charge in [0.2, 0.25) is 0 Å². The molecule has 0 saturated carbocycles. The molecule has 22 heavy (non-hydrogen) atoms. The molecule has 2 fully saturated rings. The van der Waals surface area contributed by atoms with Gasteiger partial charge in [-0.05, 0) is 53.1 Å². The van der Waals surface area contributed by atoms with E-state index >= 15 is 0 Å². The fourth-order valence-corrected chi connectivity index (χ4v) is 4.59. The highest BCUT2D eigenvalue weighted by Gasteiger charge is 2.39. The molecule has 2 aliphatic rings. The first-order chi connectivity index (χ1) is 10.7. The van der Waals surface area contributed by atoms with Crippen LogP contribution >= 0.6 is 22.9 Å². The lowest BCUT2D eigenvalue weighted by Crippen LogP contribution is -2.28. The predicted molar refractivity (Wildman–Crippen MR) is 94.7 cm³/mol. The summed E-state index contributed by atoms with van der Waals surface area (Å²) in [6.45, 7) is 5.76. The Hall–Kier alpha value is -1.23. The average Bonchev–Trinajstić information content (AvgIpc) is 3.15. The van der Waals surface area contributed by atoms with Crippen LogP contribution in [0.3, 0.4) is 0 Å². The molecule has 0 bridgehead atoms. The van der Waals surface area contributed by atoms with Crippen LogP contribution in [0.15, 0.2) is 35.7 Å². The minimum Gasteiger partial charge on any atom is -0.391 e. The molecule has 1 aromatic heterocycles. The molecule has 2 atom stereocenters. The maximum atomic E-state index is 5.98. The Kier molecular flexibility index (Phi) is 3.76. The van der Waals surface area contributed by atoms with Crippen molar-refractivity contribution in [2.75, 3.05) is 36.8 Å². The smallest absolute Gasteiger partial charge is 0.0859 e. The van der Waals surface area contributed by atoms with E-state index in [0.29, 0.717) is 0 Å². The Morgan fingerprint density at radius 2 is 1.77 bits per heavy atom. The summed E-state index contributed by atoms with van der Waals surface area (Å²) in [5.74, 6) is 1.57. The summed E-state index contributed by atoms with van der Waals surface area (Å²) in [6.07, 6.45) is 0. The first-order valence-electron chi connectivity index (χ1n) is 7.73. The highest BCUT2D eigenvalue weighted by Crippen LogP contribution is 2.35. The molecular formula is C17H20ClN3S. The van der Waals surface area contributed by atoms with Crippen molar-refractivity contribution in [2.24, 2.45) is 11.8 Å². The van der Waals surface area contributed by atoms with E-state index in [1.54, 1.807) is 11.3 Å². The van der Waals surface area contributed by atoms with E-state index in [4.69, 9.17) is 17.3 Å². The monoisotopic (exact) mass is 333 g/mol. The molecule has 4 rings (SSSR count). The standard InChI is InChI=1S/C17H20ClN3S/c18-15-1-3-16(4-2-15)21-9-13-7-20(8-14(13)10-21)6-12-5-17(19)22-11-12/h1-5,11,13-14H,6-10,19H2. The molecule has 5 heteroatoms. The number of nitrogen functional groups attached to an aromatic ring is 1. The molecule has 0 radical (unpaired) electrons. The minimum atomic E-state index is 0.784. The summed E-state index contributed by atoms with van der Waals surface area (Å²) in [7, 11) is 0. The Labute approximate surface area is 140 Å². The number of halogens is 1. The number of hydrogen-bond acceptors (Lipinski definition) is 4. The van der Waals surface area contributed by atoms with Gasteiger partial charge in [0, 0.05) is 43.4 Å². The van der Waals surface area contributed by atoms with E-state index in [0.717, 1.165) is 41.5 Å². The fourth-order valence-electron chi connectivity index (χ4n) is 3.82. The average molecular weight is 334 g/mol. The van der Waals surface area contributed by atoms with Gasteiger partial charge in [-0.3, -0.25) is 4.90 Å². The van der Waals surface area contributed by atoms with E-state index in [-0.39, 0.29) is 0 Å².